The van der Waals surface area contributed by atoms with Crippen molar-refractivity contribution in [2.45, 2.75) is 37.5 Å². The van der Waals surface area contributed by atoms with E-state index in [9.17, 15) is 10.2 Å². The van der Waals surface area contributed by atoms with Crippen LogP contribution in [0.5, 0.6) is 0 Å². The van der Waals surface area contributed by atoms with Gasteiger partial charge >= 0.3 is 0 Å². The summed E-state index contributed by atoms with van der Waals surface area (Å²) in [6, 6.07) is 9.51. The minimum Gasteiger partial charge on any atom is -0.385 e. The number of alkyl halides is 2. The van der Waals surface area contributed by atoms with Gasteiger partial charge in [-0.05, 0) is 0 Å². The van der Waals surface area contributed by atoms with Crippen LogP contribution in [0.2, 0.25) is 0 Å². The van der Waals surface area contributed by atoms with E-state index in [1.807, 2.05) is 0 Å². The average Bonchev–Trinajstić information content (AvgIpc) is 3.07. The summed E-state index contributed by atoms with van der Waals surface area (Å²) in [6.45, 7) is 19.0. The van der Waals surface area contributed by atoms with Crippen molar-refractivity contribution in [2.24, 2.45) is 0 Å². The van der Waals surface area contributed by atoms with Crippen molar-refractivity contribution in [2.75, 3.05) is 144 Å². The molecule has 0 radical (unpaired) electrons. The number of quaternary nitrogens is 4. The minimum absolute atomic E-state index is 0.171. The lowest BCUT2D eigenvalue weighted by molar-refractivity contribution is -1.09. The van der Waals surface area contributed by atoms with Gasteiger partial charge in [0.2, 0.25) is 0 Å². The fourth-order valence-electron chi connectivity index (χ4n) is 8.57. The third kappa shape index (κ3) is 9.34. The van der Waals surface area contributed by atoms with E-state index in [1.54, 1.807) is 14.2 Å². The zero-order chi connectivity index (χ0) is 32.7. The van der Waals surface area contributed by atoms with Crippen molar-refractivity contribution in [3.05, 3.63) is 35.4 Å². The summed E-state index contributed by atoms with van der Waals surface area (Å²) >= 11 is 11.9. The van der Waals surface area contributed by atoms with E-state index in [0.29, 0.717) is 38.2 Å². The standard InChI is InChI=1S/C34H60Cl2N4O6/c1-43-27-33(19-35)45-25-31(41)23-39-13-7-37(8-14-39,9-15-39)21-29-3-5-30(6-4-29)22-38-10-16-40(17-11-38,18-12-38)24-32(42)26-46-34(20-36)28-44-2/h3-6,31-34,41-42H,7-28H2,1-2H3/q+4. The monoisotopic (exact) mass is 690 g/mol. The second-order valence-corrected chi connectivity index (χ2v) is 15.6. The maximum absolute atomic E-state index is 10.8. The van der Waals surface area contributed by atoms with Crippen molar-refractivity contribution in [3.63, 3.8) is 0 Å². The summed E-state index contributed by atoms with van der Waals surface area (Å²) in [6.07, 6.45) is -1.29. The van der Waals surface area contributed by atoms with Crippen LogP contribution in [0.4, 0.5) is 0 Å². The first-order valence-electron chi connectivity index (χ1n) is 17.3. The lowest BCUT2D eigenvalue weighted by Crippen LogP contribution is -2.75. The molecule has 0 saturated carbocycles. The molecule has 2 N–H and O–H groups in total. The van der Waals surface area contributed by atoms with Crippen LogP contribution in [-0.4, -0.2) is 197 Å². The molecular formula is C34H60Cl2N4O6+4. The Hall–Kier alpha value is -0.600. The quantitative estimate of drug-likeness (QED) is 0.159. The molecular weight excluding hydrogens is 631 g/mol. The summed E-state index contributed by atoms with van der Waals surface area (Å²) < 4.78 is 26.3. The van der Waals surface area contributed by atoms with Crippen molar-refractivity contribution >= 4 is 23.2 Å². The molecule has 4 unspecified atom stereocenters. The maximum atomic E-state index is 10.8. The van der Waals surface area contributed by atoms with Gasteiger partial charge in [-0.15, -0.1) is 23.2 Å². The number of rotatable bonds is 20. The number of fused-ring (bicyclic) bond motifs is 6. The number of benzene rings is 1. The molecule has 6 aliphatic rings. The van der Waals surface area contributed by atoms with Gasteiger partial charge in [-0.2, -0.15) is 0 Å². The Morgan fingerprint density at radius 1 is 0.543 bits per heavy atom. The Morgan fingerprint density at radius 3 is 1.13 bits per heavy atom. The first-order valence-corrected chi connectivity index (χ1v) is 18.4. The Kier molecular flexibility index (Phi) is 13.1. The Morgan fingerprint density at radius 2 is 0.848 bits per heavy atom. The van der Waals surface area contributed by atoms with E-state index in [2.05, 4.69) is 24.3 Å². The number of hydrogen-bond donors (Lipinski definition) is 2. The molecule has 0 amide bonds. The second-order valence-electron chi connectivity index (χ2n) is 15.0. The highest BCUT2D eigenvalue weighted by Crippen LogP contribution is 2.31. The third-order valence-corrected chi connectivity index (χ3v) is 12.3. The summed E-state index contributed by atoms with van der Waals surface area (Å²) in [5, 5.41) is 21.5. The van der Waals surface area contributed by atoms with Gasteiger partial charge in [0.25, 0.3) is 0 Å². The molecule has 6 heterocycles. The highest BCUT2D eigenvalue weighted by Gasteiger charge is 2.51. The second kappa shape index (κ2) is 16.4. The number of piperazine rings is 6. The number of halogens is 2. The molecule has 1 aromatic carbocycles. The zero-order valence-electron chi connectivity index (χ0n) is 28.2. The number of aliphatic hydroxyl groups is 2. The van der Waals surface area contributed by atoms with Gasteiger partial charge in [0.15, 0.2) is 0 Å². The van der Waals surface area contributed by atoms with Crippen LogP contribution in [0.3, 0.4) is 0 Å². The van der Waals surface area contributed by atoms with Gasteiger partial charge in [-0.25, -0.2) is 0 Å². The number of nitrogens with zero attached hydrogens (tertiary/aromatic N) is 4. The molecule has 0 aromatic heterocycles. The molecule has 0 spiro atoms. The van der Waals surface area contributed by atoms with Gasteiger partial charge in [-0.3, -0.25) is 0 Å². The molecule has 262 valence electrons. The molecule has 6 saturated heterocycles. The van der Waals surface area contributed by atoms with Crippen LogP contribution in [-0.2, 0) is 32.0 Å². The molecule has 1 aromatic rings. The average molecular weight is 692 g/mol. The van der Waals surface area contributed by atoms with Crippen molar-refractivity contribution in [3.8, 4) is 0 Å². The Balaban J connectivity index is 1.05. The first kappa shape index (κ1) is 36.7. The fraction of sp³-hybridized carbons (Fsp3) is 0.824. The Bertz CT molecular complexity index is 952. The van der Waals surface area contributed by atoms with Crippen LogP contribution in [0.15, 0.2) is 24.3 Å². The highest BCUT2D eigenvalue weighted by molar-refractivity contribution is 6.18. The van der Waals surface area contributed by atoms with Gasteiger partial charge in [0.1, 0.15) is 117 Å². The van der Waals surface area contributed by atoms with Crippen LogP contribution in [0, 0.1) is 0 Å². The lowest BCUT2D eigenvalue weighted by Gasteiger charge is -2.56. The van der Waals surface area contributed by atoms with Gasteiger partial charge in [0.05, 0.1) is 50.4 Å². The highest BCUT2D eigenvalue weighted by atomic mass is 35.5. The Labute approximate surface area is 286 Å². The summed E-state index contributed by atoms with van der Waals surface area (Å²) in [4.78, 5) is 0. The molecule has 46 heavy (non-hydrogen) atoms. The number of methoxy groups -OCH3 is 2. The number of aliphatic hydroxyl groups excluding tert-OH is 2. The fourth-order valence-corrected chi connectivity index (χ4v) is 8.93. The largest absolute Gasteiger partial charge is 0.385 e. The minimum atomic E-state index is -0.475. The molecule has 6 fully saturated rings. The number of hydrogen-bond acceptors (Lipinski definition) is 6. The zero-order valence-corrected chi connectivity index (χ0v) is 29.8. The van der Waals surface area contributed by atoms with Gasteiger partial charge in [0, 0.05) is 25.3 Å². The number of ether oxygens (including phenoxy) is 4. The third-order valence-electron chi connectivity index (χ3n) is 11.6. The van der Waals surface area contributed by atoms with E-state index in [4.69, 9.17) is 42.1 Å². The van der Waals surface area contributed by atoms with Crippen LogP contribution < -0.4 is 0 Å². The topological polar surface area (TPSA) is 77.4 Å². The normalized spacial score (nSPS) is 33.2. The molecule has 10 nitrogen and oxygen atoms in total. The molecule has 4 bridgehead atoms. The van der Waals surface area contributed by atoms with Crippen molar-refractivity contribution in [1.29, 1.82) is 0 Å². The van der Waals surface area contributed by atoms with E-state index in [1.165, 1.54) is 59.4 Å². The van der Waals surface area contributed by atoms with E-state index in [0.717, 1.165) is 74.4 Å². The SMILES string of the molecule is COCC(CCl)OCC(O)C[N+]12CC[N+](Cc3ccc(C[N+]45CC[N+](CC(O)COC(CCl)COC)(CC4)CC5)cc3)(CC1)CC2. The maximum Gasteiger partial charge on any atom is 0.129 e. The molecule has 7 rings (SSSR count). The predicted octanol–water partition coefficient (Wildman–Crippen LogP) is 1.27. The summed E-state index contributed by atoms with van der Waals surface area (Å²) in [5.74, 6) is 0.744. The summed E-state index contributed by atoms with van der Waals surface area (Å²) in [7, 11) is 3.29. The van der Waals surface area contributed by atoms with E-state index >= 15 is 0 Å². The van der Waals surface area contributed by atoms with Gasteiger partial charge < -0.3 is 47.1 Å². The lowest BCUT2D eigenvalue weighted by atomic mass is 10.0. The molecule has 12 heteroatoms. The smallest absolute Gasteiger partial charge is 0.129 e. The predicted molar refractivity (Wildman–Crippen MR) is 180 cm³/mol. The van der Waals surface area contributed by atoms with Crippen LogP contribution in [0.1, 0.15) is 11.1 Å². The summed E-state index contributed by atoms with van der Waals surface area (Å²) in [5.41, 5.74) is 2.88. The molecule has 0 aliphatic carbocycles. The van der Waals surface area contributed by atoms with E-state index < -0.39 is 12.2 Å². The van der Waals surface area contributed by atoms with E-state index in [-0.39, 0.29) is 12.2 Å². The molecule has 4 atom stereocenters. The van der Waals surface area contributed by atoms with Crippen LogP contribution in [0.25, 0.3) is 0 Å². The molecule has 6 aliphatic heterocycles. The van der Waals surface area contributed by atoms with Gasteiger partial charge in [-0.1, -0.05) is 24.3 Å². The van der Waals surface area contributed by atoms with Crippen molar-refractivity contribution in [1.82, 2.24) is 0 Å². The van der Waals surface area contributed by atoms with Crippen LogP contribution >= 0.6 is 23.2 Å². The van der Waals surface area contributed by atoms with Crippen molar-refractivity contribution < 1.29 is 47.1 Å². The first-order chi connectivity index (χ1) is 22.2.